The van der Waals surface area contributed by atoms with Gasteiger partial charge in [-0.15, -0.1) is 11.3 Å². The smallest absolute Gasteiger partial charge is 0.336 e. The zero-order valence-corrected chi connectivity index (χ0v) is 10.2. The fraction of sp³-hybridized carbons (Fsp3) is 0. The van der Waals surface area contributed by atoms with Crippen LogP contribution in [0.1, 0.15) is 10.4 Å². The Kier molecular flexibility index (Phi) is 3.19. The largest absolute Gasteiger partial charge is 0.478 e. The molecule has 2 nitrogen and oxygen atoms in total. The van der Waals surface area contributed by atoms with Crippen molar-refractivity contribution in [3.8, 4) is 11.1 Å². The van der Waals surface area contributed by atoms with E-state index in [1.165, 1.54) is 11.3 Å². The summed E-state index contributed by atoms with van der Waals surface area (Å²) in [5.74, 6) is -0.978. The van der Waals surface area contributed by atoms with Gasteiger partial charge in [0.05, 0.1) is 9.90 Å². The maximum atomic E-state index is 11.0. The highest BCUT2D eigenvalue weighted by atomic mass is 35.5. The lowest BCUT2D eigenvalue weighted by molar-refractivity contribution is 0.0698. The van der Waals surface area contributed by atoms with Crippen LogP contribution in [0.2, 0.25) is 8.67 Å². The lowest BCUT2D eigenvalue weighted by Crippen LogP contribution is -1.98. The fourth-order valence-electron chi connectivity index (χ4n) is 1.43. The summed E-state index contributed by atoms with van der Waals surface area (Å²) in [5.41, 5.74) is 1.47. The number of hydrogen-bond acceptors (Lipinski definition) is 2. The number of carboxylic acid groups (broad SMARTS) is 1. The molecule has 82 valence electrons. The Morgan fingerprint density at radius 3 is 2.44 bits per heavy atom. The molecule has 0 aliphatic heterocycles. The van der Waals surface area contributed by atoms with Gasteiger partial charge in [-0.05, 0) is 17.7 Å². The van der Waals surface area contributed by atoms with Gasteiger partial charge in [-0.2, -0.15) is 0 Å². The van der Waals surface area contributed by atoms with Crippen LogP contribution < -0.4 is 0 Å². The van der Waals surface area contributed by atoms with Gasteiger partial charge in [0.15, 0.2) is 0 Å². The molecule has 16 heavy (non-hydrogen) atoms. The molecular weight excluding hydrogens is 267 g/mol. The quantitative estimate of drug-likeness (QED) is 0.879. The third-order valence-corrected chi connectivity index (χ3v) is 3.59. The summed E-state index contributed by atoms with van der Waals surface area (Å²) in [5, 5.41) is 9.05. The Hall–Kier alpha value is -1.03. The molecule has 1 heterocycles. The summed E-state index contributed by atoms with van der Waals surface area (Å²) in [4.78, 5) is 11.0. The summed E-state index contributed by atoms with van der Waals surface area (Å²) in [6.07, 6.45) is 0. The van der Waals surface area contributed by atoms with E-state index in [1.807, 2.05) is 0 Å². The molecule has 1 aromatic carbocycles. The highest BCUT2D eigenvalue weighted by Gasteiger charge is 2.15. The molecule has 0 radical (unpaired) electrons. The van der Waals surface area contributed by atoms with Crippen LogP contribution in [0, 0.1) is 0 Å². The third-order valence-electron chi connectivity index (χ3n) is 2.10. The zero-order valence-electron chi connectivity index (χ0n) is 7.91. The molecule has 0 spiro atoms. The van der Waals surface area contributed by atoms with Crippen molar-refractivity contribution in [2.24, 2.45) is 0 Å². The molecule has 1 aromatic heterocycles. The molecule has 0 aliphatic carbocycles. The van der Waals surface area contributed by atoms with E-state index >= 15 is 0 Å². The SMILES string of the molecule is O=C(O)c1ccccc1-c1cc(Cl)sc1Cl. The van der Waals surface area contributed by atoms with Crippen LogP contribution in [0.3, 0.4) is 0 Å². The van der Waals surface area contributed by atoms with Crippen molar-refractivity contribution < 1.29 is 9.90 Å². The molecule has 2 aromatic rings. The second kappa shape index (κ2) is 4.45. The van der Waals surface area contributed by atoms with E-state index in [4.69, 9.17) is 28.3 Å². The Morgan fingerprint density at radius 1 is 1.19 bits per heavy atom. The minimum absolute atomic E-state index is 0.221. The van der Waals surface area contributed by atoms with Crippen molar-refractivity contribution >= 4 is 40.5 Å². The number of benzene rings is 1. The first-order valence-corrected chi connectivity index (χ1v) is 5.94. The van der Waals surface area contributed by atoms with Crippen LogP contribution in [0.5, 0.6) is 0 Å². The van der Waals surface area contributed by atoms with Gasteiger partial charge in [-0.1, -0.05) is 41.4 Å². The minimum atomic E-state index is -0.978. The van der Waals surface area contributed by atoms with Gasteiger partial charge in [0.25, 0.3) is 0 Å². The van der Waals surface area contributed by atoms with E-state index in [9.17, 15) is 4.79 Å². The van der Waals surface area contributed by atoms with Crippen molar-refractivity contribution in [2.75, 3.05) is 0 Å². The average Bonchev–Trinajstić information content (AvgIpc) is 2.57. The Balaban J connectivity index is 2.64. The van der Waals surface area contributed by atoms with Gasteiger partial charge < -0.3 is 5.11 Å². The molecule has 0 aliphatic rings. The summed E-state index contributed by atoms with van der Waals surface area (Å²) in [7, 11) is 0. The number of hydrogen-bond donors (Lipinski definition) is 1. The molecule has 0 atom stereocenters. The highest BCUT2D eigenvalue weighted by Crippen LogP contribution is 2.39. The minimum Gasteiger partial charge on any atom is -0.478 e. The molecule has 0 amide bonds. The van der Waals surface area contributed by atoms with Gasteiger partial charge in [-0.3, -0.25) is 0 Å². The van der Waals surface area contributed by atoms with Gasteiger partial charge in [0.1, 0.15) is 4.34 Å². The zero-order chi connectivity index (χ0) is 11.7. The Bertz CT molecular complexity index is 549. The molecule has 1 N–H and O–H groups in total. The summed E-state index contributed by atoms with van der Waals surface area (Å²) < 4.78 is 1.04. The van der Waals surface area contributed by atoms with Crippen molar-refractivity contribution in [1.82, 2.24) is 0 Å². The van der Waals surface area contributed by atoms with Crippen LogP contribution in [-0.2, 0) is 0 Å². The maximum Gasteiger partial charge on any atom is 0.336 e. The number of aromatic carboxylic acids is 1. The van der Waals surface area contributed by atoms with Gasteiger partial charge >= 0.3 is 5.97 Å². The number of halogens is 2. The van der Waals surface area contributed by atoms with Crippen molar-refractivity contribution in [2.45, 2.75) is 0 Å². The lowest BCUT2D eigenvalue weighted by atomic mass is 10.0. The Labute approximate surface area is 106 Å². The van der Waals surface area contributed by atoms with E-state index in [0.29, 0.717) is 19.8 Å². The van der Waals surface area contributed by atoms with E-state index in [-0.39, 0.29) is 5.56 Å². The molecule has 0 fully saturated rings. The van der Waals surface area contributed by atoms with E-state index in [2.05, 4.69) is 0 Å². The van der Waals surface area contributed by atoms with Gasteiger partial charge in [0, 0.05) is 5.56 Å². The van der Waals surface area contributed by atoms with Gasteiger partial charge in [0.2, 0.25) is 0 Å². The molecule has 2 rings (SSSR count). The average molecular weight is 273 g/mol. The molecule has 0 saturated heterocycles. The first-order chi connectivity index (χ1) is 7.59. The topological polar surface area (TPSA) is 37.3 Å². The molecule has 0 unspecified atom stereocenters. The number of carbonyl (C=O) groups is 1. The van der Waals surface area contributed by atoms with Crippen LogP contribution >= 0.6 is 34.5 Å². The van der Waals surface area contributed by atoms with Gasteiger partial charge in [-0.25, -0.2) is 4.79 Å². The van der Waals surface area contributed by atoms with Crippen LogP contribution in [0.4, 0.5) is 0 Å². The third kappa shape index (κ3) is 2.07. The number of thiophene rings is 1. The first kappa shape index (κ1) is 11.5. The summed E-state index contributed by atoms with van der Waals surface area (Å²) in [6.45, 7) is 0. The maximum absolute atomic E-state index is 11.0. The first-order valence-electron chi connectivity index (χ1n) is 4.37. The molecular formula is C11H6Cl2O2S. The summed E-state index contributed by atoms with van der Waals surface area (Å²) >= 11 is 13.1. The van der Waals surface area contributed by atoms with Crippen molar-refractivity contribution in [1.29, 1.82) is 0 Å². The van der Waals surface area contributed by atoms with Crippen molar-refractivity contribution in [3.05, 3.63) is 44.6 Å². The summed E-state index contributed by atoms with van der Waals surface area (Å²) in [6, 6.07) is 8.38. The van der Waals surface area contributed by atoms with Crippen molar-refractivity contribution in [3.63, 3.8) is 0 Å². The molecule has 0 bridgehead atoms. The fourth-order valence-corrected chi connectivity index (χ4v) is 2.92. The monoisotopic (exact) mass is 272 g/mol. The van der Waals surface area contributed by atoms with Crippen LogP contribution in [0.15, 0.2) is 30.3 Å². The standard InChI is InChI=1S/C11H6Cl2O2S/c12-9-5-8(10(13)16-9)6-3-1-2-4-7(6)11(14)15/h1-5H,(H,14,15). The highest BCUT2D eigenvalue weighted by molar-refractivity contribution is 7.20. The second-order valence-corrected chi connectivity index (χ2v) is 5.37. The number of rotatable bonds is 2. The normalized spacial score (nSPS) is 10.4. The van der Waals surface area contributed by atoms with E-state index < -0.39 is 5.97 Å². The van der Waals surface area contributed by atoms with Crippen LogP contribution in [0.25, 0.3) is 11.1 Å². The lowest BCUT2D eigenvalue weighted by Gasteiger charge is -2.03. The predicted molar refractivity (Wildman–Crippen MR) is 66.7 cm³/mol. The van der Waals surface area contributed by atoms with E-state index in [1.54, 1.807) is 30.3 Å². The molecule has 0 saturated carbocycles. The number of carboxylic acids is 1. The van der Waals surface area contributed by atoms with E-state index in [0.717, 1.165) is 0 Å². The Morgan fingerprint density at radius 2 is 1.88 bits per heavy atom. The predicted octanol–water partition coefficient (Wildman–Crippen LogP) is 4.42. The van der Waals surface area contributed by atoms with Crippen LogP contribution in [-0.4, -0.2) is 11.1 Å². The second-order valence-electron chi connectivity index (χ2n) is 3.09. The molecule has 5 heteroatoms.